The molecule has 1 saturated heterocycles. The monoisotopic (exact) mass is 525 g/mol. The number of amides is 1. The van der Waals surface area contributed by atoms with E-state index < -0.39 is 27.9 Å². The van der Waals surface area contributed by atoms with Gasteiger partial charge < -0.3 is 19.5 Å². The minimum Gasteiger partial charge on any atom is -0.497 e. The molecule has 35 heavy (non-hydrogen) atoms. The Morgan fingerprint density at radius 3 is 2.11 bits per heavy atom. The quantitative estimate of drug-likeness (QED) is 0.510. The fraction of sp³-hybridized carbons (Fsp3) is 0.409. The fourth-order valence-corrected chi connectivity index (χ4v) is 6.18. The summed E-state index contributed by atoms with van der Waals surface area (Å²) in [6, 6.07) is 6.18. The van der Waals surface area contributed by atoms with E-state index in [0.29, 0.717) is 24.4 Å². The second kappa shape index (κ2) is 11.2. The fourth-order valence-electron chi connectivity index (χ4n) is 3.63. The smallest absolute Gasteiger partial charge is 0.348 e. The molecule has 3 rings (SSSR count). The number of carbonyl (C=O) groups is 3. The number of ether oxygens (including phenoxy) is 3. The first-order chi connectivity index (χ1) is 16.6. The van der Waals surface area contributed by atoms with Gasteiger partial charge in [0.2, 0.25) is 15.9 Å². The Labute approximate surface area is 207 Å². The van der Waals surface area contributed by atoms with Crippen LogP contribution < -0.4 is 10.1 Å². The van der Waals surface area contributed by atoms with Gasteiger partial charge in [-0.05, 0) is 36.8 Å². The van der Waals surface area contributed by atoms with Crippen molar-refractivity contribution in [1.29, 1.82) is 0 Å². The van der Waals surface area contributed by atoms with Crippen molar-refractivity contribution in [2.24, 2.45) is 0 Å². The lowest BCUT2D eigenvalue weighted by atomic mass is 10.1. The van der Waals surface area contributed by atoms with E-state index >= 15 is 0 Å². The summed E-state index contributed by atoms with van der Waals surface area (Å²) in [5, 5.41) is 2.87. The summed E-state index contributed by atoms with van der Waals surface area (Å²) in [6.07, 6.45) is 0. The maximum absolute atomic E-state index is 12.9. The van der Waals surface area contributed by atoms with Gasteiger partial charge >= 0.3 is 11.9 Å². The summed E-state index contributed by atoms with van der Waals surface area (Å²) in [4.78, 5) is 39.1. The van der Waals surface area contributed by atoms with E-state index in [1.807, 2.05) is 4.90 Å². The molecule has 11 nitrogen and oxygen atoms in total. The Balaban J connectivity index is 1.63. The highest BCUT2D eigenvalue weighted by Gasteiger charge is 2.30. The van der Waals surface area contributed by atoms with Gasteiger partial charge in [-0.2, -0.15) is 4.31 Å². The highest BCUT2D eigenvalue weighted by atomic mass is 32.2. The maximum Gasteiger partial charge on any atom is 0.348 e. The standard InChI is InChI=1S/C22H27N3O8S2/c1-14-18(21(27)32-3)20(34-19(14)22(28)33-4)23-17(26)13-24-9-11-25(12-10-24)35(29,30)16-7-5-15(31-2)6-8-16/h5-8H,9-13H2,1-4H3,(H,23,26). The molecule has 1 fully saturated rings. The van der Waals surface area contributed by atoms with Gasteiger partial charge in [0.1, 0.15) is 15.6 Å². The number of piperazine rings is 1. The van der Waals surface area contributed by atoms with Crippen LogP contribution in [0.25, 0.3) is 0 Å². The minimum absolute atomic E-state index is 0.0124. The molecule has 190 valence electrons. The van der Waals surface area contributed by atoms with E-state index in [0.717, 1.165) is 11.3 Å². The average Bonchev–Trinajstić information content (AvgIpc) is 3.18. The molecule has 1 aromatic heterocycles. The van der Waals surface area contributed by atoms with Crippen LogP contribution in [0.4, 0.5) is 5.00 Å². The van der Waals surface area contributed by atoms with Crippen LogP contribution in [0.1, 0.15) is 25.6 Å². The highest BCUT2D eigenvalue weighted by Crippen LogP contribution is 2.34. The zero-order valence-corrected chi connectivity index (χ0v) is 21.5. The average molecular weight is 526 g/mol. The Morgan fingerprint density at radius 1 is 0.971 bits per heavy atom. The zero-order valence-electron chi connectivity index (χ0n) is 19.8. The second-order valence-corrected chi connectivity index (χ2v) is 10.6. The molecule has 1 amide bonds. The number of hydrogen-bond donors (Lipinski definition) is 1. The first kappa shape index (κ1) is 26.6. The van der Waals surface area contributed by atoms with Gasteiger partial charge in [-0.25, -0.2) is 18.0 Å². The molecule has 1 aliphatic rings. The van der Waals surface area contributed by atoms with E-state index in [9.17, 15) is 22.8 Å². The Bertz CT molecular complexity index is 1200. The summed E-state index contributed by atoms with van der Waals surface area (Å²) in [5.74, 6) is -1.14. The molecule has 0 radical (unpaired) electrons. The molecular weight excluding hydrogens is 498 g/mol. The van der Waals surface area contributed by atoms with Crippen molar-refractivity contribution in [1.82, 2.24) is 9.21 Å². The van der Waals surface area contributed by atoms with Crippen LogP contribution in [-0.2, 0) is 24.3 Å². The lowest BCUT2D eigenvalue weighted by Crippen LogP contribution is -2.50. The predicted molar refractivity (Wildman–Crippen MR) is 129 cm³/mol. The van der Waals surface area contributed by atoms with Crippen molar-refractivity contribution >= 4 is 44.2 Å². The van der Waals surface area contributed by atoms with Crippen LogP contribution in [0.2, 0.25) is 0 Å². The summed E-state index contributed by atoms with van der Waals surface area (Å²) >= 11 is 0.935. The SMILES string of the molecule is COC(=O)c1sc(NC(=O)CN2CCN(S(=O)(=O)c3ccc(OC)cc3)CC2)c(C(=O)OC)c1C. The van der Waals surface area contributed by atoms with Crippen molar-refractivity contribution in [3.8, 4) is 5.75 Å². The number of hydrogen-bond acceptors (Lipinski definition) is 10. The molecule has 1 aliphatic heterocycles. The van der Waals surface area contributed by atoms with Gasteiger partial charge in [0.25, 0.3) is 0 Å². The topological polar surface area (TPSA) is 132 Å². The van der Waals surface area contributed by atoms with Gasteiger partial charge in [0.15, 0.2) is 0 Å². The molecule has 0 aliphatic carbocycles. The number of carbonyl (C=O) groups excluding carboxylic acids is 3. The first-order valence-corrected chi connectivity index (χ1v) is 12.8. The molecule has 1 N–H and O–H groups in total. The van der Waals surface area contributed by atoms with E-state index in [4.69, 9.17) is 14.2 Å². The third-order valence-corrected chi connectivity index (χ3v) is 8.66. The number of anilines is 1. The molecular formula is C22H27N3O8S2. The Hall–Kier alpha value is -3.00. The lowest BCUT2D eigenvalue weighted by molar-refractivity contribution is -0.117. The van der Waals surface area contributed by atoms with Gasteiger partial charge in [0, 0.05) is 26.2 Å². The second-order valence-electron chi connectivity index (χ2n) is 7.65. The predicted octanol–water partition coefficient (Wildman–Crippen LogP) is 1.58. The van der Waals surface area contributed by atoms with E-state index in [1.165, 1.54) is 37.8 Å². The molecule has 0 bridgehead atoms. The third kappa shape index (κ3) is 5.81. The summed E-state index contributed by atoms with van der Waals surface area (Å²) in [5.41, 5.74) is 0.461. The first-order valence-electron chi connectivity index (χ1n) is 10.6. The number of benzene rings is 1. The molecule has 0 saturated carbocycles. The number of nitrogens with one attached hydrogen (secondary N) is 1. The Morgan fingerprint density at radius 2 is 1.57 bits per heavy atom. The molecule has 2 aromatic rings. The summed E-state index contributed by atoms with van der Waals surface area (Å²) < 4.78 is 41.8. The van der Waals surface area contributed by atoms with Gasteiger partial charge in [-0.1, -0.05) is 0 Å². The van der Waals surface area contributed by atoms with Crippen molar-refractivity contribution in [3.05, 3.63) is 40.3 Å². The van der Waals surface area contributed by atoms with Crippen molar-refractivity contribution in [2.45, 2.75) is 11.8 Å². The molecule has 13 heteroatoms. The van der Waals surface area contributed by atoms with Crippen molar-refractivity contribution < 1.29 is 37.0 Å². The number of thiophene rings is 1. The summed E-state index contributed by atoms with van der Waals surface area (Å²) in [7, 11) is 0.284. The van der Waals surface area contributed by atoms with Crippen LogP contribution in [0.15, 0.2) is 29.2 Å². The Kier molecular flexibility index (Phi) is 8.48. The molecule has 1 aromatic carbocycles. The van der Waals surface area contributed by atoms with Crippen LogP contribution in [0, 0.1) is 6.92 Å². The molecule has 0 unspecified atom stereocenters. The van der Waals surface area contributed by atoms with E-state index in [2.05, 4.69) is 5.32 Å². The zero-order chi connectivity index (χ0) is 25.8. The normalized spacial score (nSPS) is 14.9. The minimum atomic E-state index is -3.66. The highest BCUT2D eigenvalue weighted by molar-refractivity contribution is 7.89. The van der Waals surface area contributed by atoms with Crippen molar-refractivity contribution in [3.63, 3.8) is 0 Å². The molecule has 0 atom stereocenters. The third-order valence-electron chi connectivity index (χ3n) is 5.56. The van der Waals surface area contributed by atoms with Crippen LogP contribution in [-0.4, -0.2) is 89.5 Å². The largest absolute Gasteiger partial charge is 0.497 e. The number of sulfonamides is 1. The van der Waals surface area contributed by atoms with Gasteiger partial charge in [0.05, 0.1) is 38.3 Å². The number of rotatable bonds is 8. The van der Waals surface area contributed by atoms with Gasteiger partial charge in [-0.3, -0.25) is 9.69 Å². The van der Waals surface area contributed by atoms with Crippen LogP contribution in [0.5, 0.6) is 5.75 Å². The molecule has 0 spiro atoms. The molecule has 2 heterocycles. The number of esters is 2. The number of nitrogens with zero attached hydrogens (tertiary/aromatic N) is 2. The number of methoxy groups -OCH3 is 3. The van der Waals surface area contributed by atoms with Crippen molar-refractivity contribution in [2.75, 3.05) is 59.4 Å². The lowest BCUT2D eigenvalue weighted by Gasteiger charge is -2.33. The van der Waals surface area contributed by atoms with E-state index in [1.54, 1.807) is 19.1 Å². The van der Waals surface area contributed by atoms with Crippen LogP contribution in [0.3, 0.4) is 0 Å². The van der Waals surface area contributed by atoms with Crippen LogP contribution >= 0.6 is 11.3 Å². The maximum atomic E-state index is 12.9. The summed E-state index contributed by atoms with van der Waals surface area (Å²) in [6.45, 7) is 2.71. The van der Waals surface area contributed by atoms with E-state index in [-0.39, 0.29) is 40.0 Å². The van der Waals surface area contributed by atoms with Gasteiger partial charge in [-0.15, -0.1) is 11.3 Å².